The second kappa shape index (κ2) is 9.08. The fraction of sp³-hybridized carbons (Fsp3) is 0.278. The van der Waals surface area contributed by atoms with Gasteiger partial charge in [0.15, 0.2) is 0 Å². The summed E-state index contributed by atoms with van der Waals surface area (Å²) in [7, 11) is 1.76. The van der Waals surface area contributed by atoms with Gasteiger partial charge in [0.25, 0.3) is 0 Å². The lowest BCUT2D eigenvalue weighted by Crippen LogP contribution is -2.34. The molecule has 2 aromatic rings. The summed E-state index contributed by atoms with van der Waals surface area (Å²) in [6.07, 6.45) is 0. The van der Waals surface area contributed by atoms with E-state index in [2.05, 4.69) is 10.1 Å². The molecule has 0 aliphatic heterocycles. The van der Waals surface area contributed by atoms with Crippen molar-refractivity contribution in [2.45, 2.75) is 19.7 Å². The zero-order valence-corrected chi connectivity index (χ0v) is 13.7. The molecule has 1 amide bonds. The Labute approximate surface area is 144 Å². The van der Waals surface area contributed by atoms with Crippen LogP contribution in [-0.4, -0.2) is 31.0 Å². The Hall–Kier alpha value is -2.54. The molecule has 1 N–H and O–H groups in total. The number of carbonyl (C=O) groups excluding carboxylic acids is 1. The van der Waals surface area contributed by atoms with Crippen molar-refractivity contribution in [1.82, 2.24) is 10.2 Å². The van der Waals surface area contributed by atoms with E-state index in [9.17, 15) is 18.0 Å². The number of ether oxygens (including phenoxy) is 1. The fourth-order valence-electron chi connectivity index (χ4n) is 2.28. The largest absolute Gasteiger partial charge is 0.435 e. The van der Waals surface area contributed by atoms with E-state index in [0.717, 1.165) is 5.56 Å². The average molecular weight is 352 g/mol. The molecule has 134 valence electrons. The van der Waals surface area contributed by atoms with Gasteiger partial charge in [-0.2, -0.15) is 8.78 Å². The van der Waals surface area contributed by atoms with Crippen LogP contribution in [0.5, 0.6) is 5.75 Å². The molecule has 0 aliphatic carbocycles. The second-order valence-corrected chi connectivity index (χ2v) is 5.56. The lowest BCUT2D eigenvalue weighted by molar-refractivity contribution is -0.122. The molecule has 0 fully saturated rings. The number of nitrogens with one attached hydrogen (secondary N) is 1. The van der Waals surface area contributed by atoms with Crippen molar-refractivity contribution in [1.29, 1.82) is 0 Å². The third-order valence-corrected chi connectivity index (χ3v) is 3.45. The number of hydrogen-bond donors (Lipinski definition) is 1. The Morgan fingerprint density at radius 3 is 2.48 bits per heavy atom. The van der Waals surface area contributed by atoms with Crippen LogP contribution in [0.1, 0.15) is 11.1 Å². The third kappa shape index (κ3) is 6.46. The van der Waals surface area contributed by atoms with Gasteiger partial charge in [-0.1, -0.05) is 30.3 Å². The standard InChI is InChI=1S/C18H19F3N2O2/c1-23(11-13-6-8-15(9-7-13)25-18(20)21)12-17(24)22-10-14-4-2-3-5-16(14)19/h2-9,18H,10-12H2,1H3,(H,22,24). The Bertz CT molecular complexity index is 693. The molecule has 0 unspecified atom stereocenters. The first-order valence-corrected chi connectivity index (χ1v) is 7.66. The fourth-order valence-corrected chi connectivity index (χ4v) is 2.28. The summed E-state index contributed by atoms with van der Waals surface area (Å²) >= 11 is 0. The van der Waals surface area contributed by atoms with Crippen molar-refractivity contribution >= 4 is 5.91 Å². The highest BCUT2D eigenvalue weighted by Gasteiger charge is 2.09. The summed E-state index contributed by atoms with van der Waals surface area (Å²) in [5.41, 5.74) is 1.28. The first-order chi connectivity index (χ1) is 11.9. The molecule has 0 radical (unpaired) electrons. The number of hydrogen-bond acceptors (Lipinski definition) is 3. The number of halogens is 3. The number of nitrogens with zero attached hydrogens (tertiary/aromatic N) is 1. The van der Waals surface area contributed by atoms with Crippen molar-refractivity contribution in [3.8, 4) is 5.75 Å². The minimum atomic E-state index is -2.85. The topological polar surface area (TPSA) is 41.6 Å². The zero-order chi connectivity index (χ0) is 18.2. The predicted octanol–water partition coefficient (Wildman–Crippen LogP) is 3.18. The first-order valence-electron chi connectivity index (χ1n) is 7.66. The van der Waals surface area contributed by atoms with Crippen LogP contribution in [0.15, 0.2) is 48.5 Å². The average Bonchev–Trinajstić information content (AvgIpc) is 2.55. The Balaban J connectivity index is 1.78. The molecular weight excluding hydrogens is 333 g/mol. The number of benzene rings is 2. The molecule has 2 aromatic carbocycles. The summed E-state index contributed by atoms with van der Waals surface area (Å²) in [4.78, 5) is 13.7. The minimum Gasteiger partial charge on any atom is -0.435 e. The van der Waals surface area contributed by atoms with E-state index < -0.39 is 6.61 Å². The van der Waals surface area contributed by atoms with Crippen LogP contribution in [0.25, 0.3) is 0 Å². The lowest BCUT2D eigenvalue weighted by atomic mass is 10.2. The predicted molar refractivity (Wildman–Crippen MR) is 87.7 cm³/mol. The number of alkyl halides is 2. The van der Waals surface area contributed by atoms with E-state index in [1.54, 1.807) is 42.3 Å². The Kier molecular flexibility index (Phi) is 6.82. The van der Waals surface area contributed by atoms with Crippen LogP contribution < -0.4 is 10.1 Å². The van der Waals surface area contributed by atoms with Crippen LogP contribution in [-0.2, 0) is 17.9 Å². The van der Waals surface area contributed by atoms with E-state index in [0.29, 0.717) is 12.1 Å². The van der Waals surface area contributed by atoms with Crippen LogP contribution >= 0.6 is 0 Å². The van der Waals surface area contributed by atoms with Crippen molar-refractivity contribution in [3.63, 3.8) is 0 Å². The molecule has 4 nitrogen and oxygen atoms in total. The van der Waals surface area contributed by atoms with Gasteiger partial charge in [0, 0.05) is 18.7 Å². The van der Waals surface area contributed by atoms with Gasteiger partial charge in [-0.3, -0.25) is 9.69 Å². The number of rotatable bonds is 8. The normalized spacial score (nSPS) is 11.0. The molecule has 0 bridgehead atoms. The van der Waals surface area contributed by atoms with E-state index in [1.807, 2.05) is 0 Å². The monoisotopic (exact) mass is 352 g/mol. The van der Waals surface area contributed by atoms with Crippen molar-refractivity contribution in [2.24, 2.45) is 0 Å². The van der Waals surface area contributed by atoms with Gasteiger partial charge >= 0.3 is 6.61 Å². The molecule has 25 heavy (non-hydrogen) atoms. The van der Waals surface area contributed by atoms with Gasteiger partial charge in [-0.15, -0.1) is 0 Å². The molecule has 0 atom stereocenters. The smallest absolute Gasteiger partial charge is 0.387 e. The Morgan fingerprint density at radius 1 is 1.16 bits per heavy atom. The van der Waals surface area contributed by atoms with Gasteiger partial charge in [0.05, 0.1) is 6.54 Å². The number of amides is 1. The van der Waals surface area contributed by atoms with Crippen LogP contribution in [0.4, 0.5) is 13.2 Å². The van der Waals surface area contributed by atoms with Gasteiger partial charge in [-0.25, -0.2) is 4.39 Å². The van der Waals surface area contributed by atoms with E-state index >= 15 is 0 Å². The first kappa shape index (κ1) is 18.8. The van der Waals surface area contributed by atoms with Crippen LogP contribution in [0, 0.1) is 5.82 Å². The summed E-state index contributed by atoms with van der Waals surface area (Å²) in [5, 5.41) is 2.66. The van der Waals surface area contributed by atoms with Crippen molar-refractivity contribution in [3.05, 3.63) is 65.5 Å². The maximum absolute atomic E-state index is 13.5. The van der Waals surface area contributed by atoms with E-state index in [1.165, 1.54) is 18.2 Å². The van der Waals surface area contributed by atoms with Crippen LogP contribution in [0.3, 0.4) is 0 Å². The molecule has 0 saturated heterocycles. The van der Waals surface area contributed by atoms with Crippen molar-refractivity contribution in [2.75, 3.05) is 13.6 Å². The Morgan fingerprint density at radius 2 is 1.84 bits per heavy atom. The zero-order valence-electron chi connectivity index (χ0n) is 13.7. The van der Waals surface area contributed by atoms with Gasteiger partial charge < -0.3 is 10.1 Å². The lowest BCUT2D eigenvalue weighted by Gasteiger charge is -2.17. The molecule has 0 spiro atoms. The van der Waals surface area contributed by atoms with Gasteiger partial charge in [-0.05, 0) is 30.8 Å². The highest BCUT2D eigenvalue weighted by atomic mass is 19.3. The molecule has 0 heterocycles. The third-order valence-electron chi connectivity index (χ3n) is 3.45. The quantitative estimate of drug-likeness (QED) is 0.793. The van der Waals surface area contributed by atoms with E-state index in [4.69, 9.17) is 0 Å². The maximum atomic E-state index is 13.5. The minimum absolute atomic E-state index is 0.0871. The number of likely N-dealkylation sites (N-methyl/N-ethyl adjacent to an activating group) is 1. The maximum Gasteiger partial charge on any atom is 0.387 e. The molecule has 2 rings (SSSR count). The number of carbonyl (C=O) groups is 1. The summed E-state index contributed by atoms with van der Waals surface area (Å²) in [6.45, 7) is -2.14. The molecular formula is C18H19F3N2O2. The van der Waals surface area contributed by atoms with Gasteiger partial charge in [0.1, 0.15) is 11.6 Å². The second-order valence-electron chi connectivity index (χ2n) is 5.56. The van der Waals surface area contributed by atoms with Gasteiger partial charge in [0.2, 0.25) is 5.91 Å². The highest BCUT2D eigenvalue weighted by molar-refractivity contribution is 5.77. The molecule has 0 aromatic heterocycles. The summed E-state index contributed by atoms with van der Waals surface area (Å²) < 4.78 is 42.0. The SMILES string of the molecule is CN(CC(=O)NCc1ccccc1F)Cc1ccc(OC(F)F)cc1. The molecule has 0 aliphatic rings. The highest BCUT2D eigenvalue weighted by Crippen LogP contribution is 2.15. The van der Waals surface area contributed by atoms with Crippen molar-refractivity contribution < 1.29 is 22.7 Å². The summed E-state index contributed by atoms with van der Waals surface area (Å²) in [5.74, 6) is -0.505. The summed E-state index contributed by atoms with van der Waals surface area (Å²) in [6, 6.07) is 12.5. The van der Waals surface area contributed by atoms with E-state index in [-0.39, 0.29) is 30.6 Å². The van der Waals surface area contributed by atoms with Crippen LogP contribution in [0.2, 0.25) is 0 Å². The molecule has 0 saturated carbocycles. The molecule has 7 heteroatoms.